The molecule has 1 aromatic carbocycles. The predicted molar refractivity (Wildman–Crippen MR) is 81.5 cm³/mol. The number of aliphatic hydroxyl groups excluding tert-OH is 1. The Balaban J connectivity index is 2.37. The zero-order valence-electron chi connectivity index (χ0n) is 13.0. The highest BCUT2D eigenvalue weighted by Gasteiger charge is 2.19. The molecule has 0 bridgehead atoms. The summed E-state index contributed by atoms with van der Waals surface area (Å²) in [6.07, 6.45) is 1.54. The van der Waals surface area contributed by atoms with Crippen molar-refractivity contribution in [3.05, 3.63) is 24.3 Å². The number of β-amino-alcohol motifs (C(OH)–C–C–N with tert-alkyl or cyclic N) is 1. The van der Waals surface area contributed by atoms with Gasteiger partial charge in [-0.1, -0.05) is 19.9 Å². The van der Waals surface area contributed by atoms with Crippen molar-refractivity contribution in [2.75, 3.05) is 20.3 Å². The van der Waals surface area contributed by atoms with E-state index in [2.05, 4.69) is 26.1 Å². The second-order valence-electron chi connectivity index (χ2n) is 5.29. The summed E-state index contributed by atoms with van der Waals surface area (Å²) in [5.41, 5.74) is 0.0803. The summed E-state index contributed by atoms with van der Waals surface area (Å²) in [5.74, 6) is 1.46. The van der Waals surface area contributed by atoms with E-state index in [9.17, 15) is 5.11 Å². The monoisotopic (exact) mass is 281 g/mol. The molecule has 0 saturated heterocycles. The Labute approximate surface area is 122 Å². The molecule has 1 unspecified atom stereocenters. The Bertz CT molecular complexity index is 391. The van der Waals surface area contributed by atoms with E-state index in [1.165, 1.54) is 0 Å². The van der Waals surface area contributed by atoms with Crippen LogP contribution in [0.2, 0.25) is 0 Å². The first-order chi connectivity index (χ1) is 9.53. The van der Waals surface area contributed by atoms with Crippen LogP contribution in [0.3, 0.4) is 0 Å². The molecule has 114 valence electrons. The minimum absolute atomic E-state index is 0.0803. The third-order valence-electron chi connectivity index (χ3n) is 3.81. The quantitative estimate of drug-likeness (QED) is 0.730. The lowest BCUT2D eigenvalue weighted by Crippen LogP contribution is -2.46. The molecule has 0 fully saturated rings. The van der Waals surface area contributed by atoms with Gasteiger partial charge in [-0.05, 0) is 31.9 Å². The summed E-state index contributed by atoms with van der Waals surface area (Å²) in [7, 11) is 1.62. The van der Waals surface area contributed by atoms with Crippen LogP contribution >= 0.6 is 0 Å². The average Bonchev–Trinajstić information content (AvgIpc) is 2.50. The first-order valence-electron chi connectivity index (χ1n) is 7.23. The van der Waals surface area contributed by atoms with E-state index in [1.807, 2.05) is 24.3 Å². The van der Waals surface area contributed by atoms with E-state index in [0.29, 0.717) is 12.3 Å². The summed E-state index contributed by atoms with van der Waals surface area (Å²) >= 11 is 0. The minimum atomic E-state index is -0.529. The van der Waals surface area contributed by atoms with Gasteiger partial charge in [0.05, 0.1) is 7.11 Å². The number of nitrogens with one attached hydrogen (secondary N) is 1. The zero-order chi connectivity index (χ0) is 15.0. The van der Waals surface area contributed by atoms with E-state index in [1.54, 1.807) is 7.11 Å². The second kappa shape index (κ2) is 8.12. The van der Waals surface area contributed by atoms with Crippen molar-refractivity contribution >= 4 is 0 Å². The molecule has 0 radical (unpaired) electrons. The maximum atomic E-state index is 9.97. The Kier molecular flexibility index (Phi) is 6.82. The first kappa shape index (κ1) is 16.8. The Morgan fingerprint density at radius 2 is 1.90 bits per heavy atom. The maximum absolute atomic E-state index is 9.97. The summed E-state index contributed by atoms with van der Waals surface area (Å²) < 4.78 is 10.7. The van der Waals surface area contributed by atoms with E-state index >= 15 is 0 Å². The van der Waals surface area contributed by atoms with Gasteiger partial charge >= 0.3 is 0 Å². The Morgan fingerprint density at radius 3 is 2.50 bits per heavy atom. The summed E-state index contributed by atoms with van der Waals surface area (Å²) in [4.78, 5) is 0. The molecule has 4 nitrogen and oxygen atoms in total. The molecule has 4 heteroatoms. The van der Waals surface area contributed by atoms with Crippen LogP contribution in [-0.2, 0) is 0 Å². The van der Waals surface area contributed by atoms with E-state index < -0.39 is 6.10 Å². The standard InChI is InChI=1S/C16H27NO3/c1-5-16(3,6-2)17-11-13(18)12-20-15-9-7-8-14(10-15)19-4/h7-10,13,17-18H,5-6,11-12H2,1-4H3. The van der Waals surface area contributed by atoms with Crippen molar-refractivity contribution in [1.82, 2.24) is 5.32 Å². The largest absolute Gasteiger partial charge is 0.497 e. The highest BCUT2D eigenvalue weighted by molar-refractivity contribution is 5.32. The molecule has 0 heterocycles. The highest BCUT2D eigenvalue weighted by Crippen LogP contribution is 2.19. The van der Waals surface area contributed by atoms with Gasteiger partial charge in [-0.25, -0.2) is 0 Å². The smallest absolute Gasteiger partial charge is 0.123 e. The SMILES string of the molecule is CCC(C)(CC)NCC(O)COc1cccc(OC)c1. The normalized spacial score (nSPS) is 13.1. The molecule has 1 atom stereocenters. The lowest BCUT2D eigenvalue weighted by atomic mass is 9.95. The van der Waals surface area contributed by atoms with Gasteiger partial charge in [0, 0.05) is 18.2 Å². The molecule has 2 N–H and O–H groups in total. The molecule has 0 aliphatic rings. The van der Waals surface area contributed by atoms with Gasteiger partial charge in [0.1, 0.15) is 24.2 Å². The van der Waals surface area contributed by atoms with Gasteiger partial charge in [0.15, 0.2) is 0 Å². The molecule has 0 aromatic heterocycles. The van der Waals surface area contributed by atoms with Crippen LogP contribution in [-0.4, -0.2) is 37.0 Å². The summed E-state index contributed by atoms with van der Waals surface area (Å²) in [6, 6.07) is 7.38. The number of methoxy groups -OCH3 is 1. The van der Waals surface area contributed by atoms with Crippen LogP contribution in [0.1, 0.15) is 33.6 Å². The summed E-state index contributed by atoms with van der Waals surface area (Å²) in [5, 5.41) is 13.4. The third kappa shape index (κ3) is 5.39. The van der Waals surface area contributed by atoms with Crippen molar-refractivity contribution in [2.24, 2.45) is 0 Å². The van der Waals surface area contributed by atoms with Crippen molar-refractivity contribution in [1.29, 1.82) is 0 Å². The zero-order valence-corrected chi connectivity index (χ0v) is 13.0. The number of ether oxygens (including phenoxy) is 2. The van der Waals surface area contributed by atoms with E-state index in [4.69, 9.17) is 9.47 Å². The van der Waals surface area contributed by atoms with Gasteiger partial charge in [-0.3, -0.25) is 0 Å². The fraction of sp³-hybridized carbons (Fsp3) is 0.625. The predicted octanol–water partition coefficient (Wildman–Crippen LogP) is 2.60. The van der Waals surface area contributed by atoms with Crippen molar-refractivity contribution in [3.63, 3.8) is 0 Å². The molecular weight excluding hydrogens is 254 g/mol. The van der Waals surface area contributed by atoms with Crippen LogP contribution in [0.5, 0.6) is 11.5 Å². The average molecular weight is 281 g/mol. The van der Waals surface area contributed by atoms with Gasteiger partial charge in [0.25, 0.3) is 0 Å². The molecular formula is C16H27NO3. The van der Waals surface area contributed by atoms with Crippen LogP contribution in [0.4, 0.5) is 0 Å². The van der Waals surface area contributed by atoms with Crippen LogP contribution in [0, 0.1) is 0 Å². The number of aliphatic hydroxyl groups is 1. The fourth-order valence-electron chi connectivity index (χ4n) is 1.81. The van der Waals surface area contributed by atoms with Gasteiger partial charge in [-0.2, -0.15) is 0 Å². The topological polar surface area (TPSA) is 50.7 Å². The Hall–Kier alpha value is -1.26. The lowest BCUT2D eigenvalue weighted by Gasteiger charge is -2.29. The van der Waals surface area contributed by atoms with E-state index in [0.717, 1.165) is 18.6 Å². The van der Waals surface area contributed by atoms with E-state index in [-0.39, 0.29) is 12.1 Å². The van der Waals surface area contributed by atoms with Crippen molar-refractivity contribution in [3.8, 4) is 11.5 Å². The number of benzene rings is 1. The molecule has 1 rings (SSSR count). The maximum Gasteiger partial charge on any atom is 0.123 e. The molecule has 0 saturated carbocycles. The molecule has 20 heavy (non-hydrogen) atoms. The number of rotatable bonds is 9. The van der Waals surface area contributed by atoms with Crippen LogP contribution < -0.4 is 14.8 Å². The first-order valence-corrected chi connectivity index (χ1v) is 7.23. The Morgan fingerprint density at radius 1 is 1.25 bits per heavy atom. The van der Waals surface area contributed by atoms with Crippen molar-refractivity contribution in [2.45, 2.75) is 45.3 Å². The highest BCUT2D eigenvalue weighted by atomic mass is 16.5. The van der Waals surface area contributed by atoms with Crippen LogP contribution in [0.15, 0.2) is 24.3 Å². The van der Waals surface area contributed by atoms with Gasteiger partial charge < -0.3 is 19.9 Å². The molecule has 0 amide bonds. The van der Waals surface area contributed by atoms with Crippen molar-refractivity contribution < 1.29 is 14.6 Å². The number of hydrogen-bond donors (Lipinski definition) is 2. The molecule has 0 aliphatic heterocycles. The third-order valence-corrected chi connectivity index (χ3v) is 3.81. The van der Waals surface area contributed by atoms with Gasteiger partial charge in [0.2, 0.25) is 0 Å². The summed E-state index contributed by atoms with van der Waals surface area (Å²) in [6.45, 7) is 7.26. The number of hydrogen-bond acceptors (Lipinski definition) is 4. The lowest BCUT2D eigenvalue weighted by molar-refractivity contribution is 0.0965. The van der Waals surface area contributed by atoms with Crippen LogP contribution in [0.25, 0.3) is 0 Å². The second-order valence-corrected chi connectivity index (χ2v) is 5.29. The molecule has 0 spiro atoms. The fourth-order valence-corrected chi connectivity index (χ4v) is 1.81. The minimum Gasteiger partial charge on any atom is -0.497 e. The molecule has 1 aromatic rings. The molecule has 0 aliphatic carbocycles. The van der Waals surface area contributed by atoms with Gasteiger partial charge in [-0.15, -0.1) is 0 Å².